The molecule has 0 saturated carbocycles. The minimum Gasteiger partial charge on any atom is -0.352 e. The maximum Gasteiger partial charge on any atom is 0.252 e. The number of carbonyl (C=O) groups is 1. The highest BCUT2D eigenvalue weighted by Crippen LogP contribution is 2.25. The van der Waals surface area contributed by atoms with Crippen LogP contribution in [0.15, 0.2) is 29.6 Å². The third-order valence-electron chi connectivity index (χ3n) is 3.67. The third-order valence-corrected chi connectivity index (χ3v) is 4.63. The summed E-state index contributed by atoms with van der Waals surface area (Å²) >= 11 is 1.63. The highest BCUT2D eigenvalue weighted by Gasteiger charge is 2.15. The van der Waals surface area contributed by atoms with Gasteiger partial charge in [0.1, 0.15) is 0 Å². The second kappa shape index (κ2) is 5.72. The number of fused-ring (bicyclic) bond motifs is 1. The molecule has 1 aliphatic heterocycles. The first-order chi connectivity index (χ1) is 9.34. The van der Waals surface area contributed by atoms with Crippen LogP contribution in [0.1, 0.15) is 29.6 Å². The van der Waals surface area contributed by atoms with Gasteiger partial charge in [-0.2, -0.15) is 0 Å². The number of hydrogen-bond acceptors (Lipinski definition) is 3. The average Bonchev–Trinajstić information content (AvgIpc) is 3.07. The lowest BCUT2D eigenvalue weighted by atomic mass is 10.1. The van der Waals surface area contributed by atoms with E-state index < -0.39 is 0 Å². The van der Waals surface area contributed by atoms with Crippen molar-refractivity contribution in [3.8, 4) is 0 Å². The number of benzene rings is 1. The van der Waals surface area contributed by atoms with Crippen molar-refractivity contribution in [3.63, 3.8) is 0 Å². The Hall–Kier alpha value is -1.39. The van der Waals surface area contributed by atoms with E-state index in [1.807, 2.05) is 23.6 Å². The number of hydrogen-bond donors (Lipinski definition) is 2. The molecule has 0 aliphatic carbocycles. The molecule has 0 bridgehead atoms. The van der Waals surface area contributed by atoms with Crippen LogP contribution >= 0.6 is 11.3 Å². The van der Waals surface area contributed by atoms with E-state index in [1.54, 1.807) is 11.3 Å². The zero-order chi connectivity index (χ0) is 13.1. The fourth-order valence-corrected chi connectivity index (χ4v) is 3.55. The van der Waals surface area contributed by atoms with Crippen LogP contribution in [-0.4, -0.2) is 25.0 Å². The highest BCUT2D eigenvalue weighted by molar-refractivity contribution is 7.17. The van der Waals surface area contributed by atoms with Gasteiger partial charge in [-0.25, -0.2) is 0 Å². The fraction of sp³-hybridized carbons (Fsp3) is 0.400. The lowest BCUT2D eigenvalue weighted by Crippen LogP contribution is -2.30. The summed E-state index contributed by atoms with van der Waals surface area (Å²) in [6, 6.07) is 8.64. The molecule has 1 aromatic carbocycles. The summed E-state index contributed by atoms with van der Waals surface area (Å²) in [6.45, 7) is 1.87. The Morgan fingerprint density at radius 1 is 1.42 bits per heavy atom. The molecular formula is C15H18N2OS. The smallest absolute Gasteiger partial charge is 0.252 e. The fourth-order valence-electron chi connectivity index (χ4n) is 2.61. The van der Waals surface area contributed by atoms with Gasteiger partial charge in [-0.05, 0) is 31.9 Å². The molecule has 3 nitrogen and oxygen atoms in total. The summed E-state index contributed by atoms with van der Waals surface area (Å²) in [5, 5.41) is 9.49. The molecule has 1 unspecified atom stereocenters. The van der Waals surface area contributed by atoms with Gasteiger partial charge in [-0.15, -0.1) is 11.3 Å². The first-order valence-electron chi connectivity index (χ1n) is 6.82. The van der Waals surface area contributed by atoms with Crippen molar-refractivity contribution in [3.05, 3.63) is 35.2 Å². The molecule has 3 rings (SSSR count). The quantitative estimate of drug-likeness (QED) is 0.900. The molecule has 100 valence electrons. The predicted octanol–water partition coefficient (Wildman–Crippen LogP) is 2.77. The summed E-state index contributed by atoms with van der Waals surface area (Å²) in [6.07, 6.45) is 3.51. The molecule has 2 heterocycles. The molecule has 0 radical (unpaired) electrons. The van der Waals surface area contributed by atoms with Gasteiger partial charge in [0.2, 0.25) is 0 Å². The van der Waals surface area contributed by atoms with E-state index in [1.165, 1.54) is 17.5 Å². The van der Waals surface area contributed by atoms with E-state index in [2.05, 4.69) is 16.7 Å². The molecule has 2 aromatic rings. The first kappa shape index (κ1) is 12.6. The van der Waals surface area contributed by atoms with Gasteiger partial charge in [0.05, 0.1) is 5.56 Å². The Bertz CT molecular complexity index is 572. The number of amides is 1. The largest absolute Gasteiger partial charge is 0.352 e. The minimum atomic E-state index is 0.0513. The van der Waals surface area contributed by atoms with Crippen molar-refractivity contribution in [2.24, 2.45) is 0 Å². The highest BCUT2D eigenvalue weighted by atomic mass is 32.1. The molecule has 19 heavy (non-hydrogen) atoms. The van der Waals surface area contributed by atoms with Gasteiger partial charge in [-0.1, -0.05) is 18.2 Å². The summed E-state index contributed by atoms with van der Waals surface area (Å²) in [7, 11) is 0. The summed E-state index contributed by atoms with van der Waals surface area (Å²) < 4.78 is 1.17. The standard InChI is InChI=1S/C15H18N2OS/c18-15(17-9-7-11-4-3-8-16-11)13-10-19-14-6-2-1-5-12(13)14/h1-2,5-6,10-11,16H,3-4,7-9H2,(H,17,18). The Morgan fingerprint density at radius 2 is 2.32 bits per heavy atom. The topological polar surface area (TPSA) is 41.1 Å². The summed E-state index contributed by atoms with van der Waals surface area (Å²) in [5.74, 6) is 0.0513. The summed E-state index contributed by atoms with van der Waals surface area (Å²) in [5.41, 5.74) is 0.806. The van der Waals surface area contributed by atoms with E-state index in [0.29, 0.717) is 6.04 Å². The molecule has 2 N–H and O–H groups in total. The molecule has 1 atom stereocenters. The van der Waals surface area contributed by atoms with Crippen LogP contribution < -0.4 is 10.6 Å². The van der Waals surface area contributed by atoms with Crippen molar-refractivity contribution in [2.75, 3.05) is 13.1 Å². The lowest BCUT2D eigenvalue weighted by Gasteiger charge is -2.10. The predicted molar refractivity (Wildman–Crippen MR) is 79.8 cm³/mol. The van der Waals surface area contributed by atoms with Crippen molar-refractivity contribution < 1.29 is 4.79 Å². The summed E-state index contributed by atoms with van der Waals surface area (Å²) in [4.78, 5) is 12.2. The minimum absolute atomic E-state index is 0.0513. The van der Waals surface area contributed by atoms with Crippen LogP contribution in [0.4, 0.5) is 0 Å². The van der Waals surface area contributed by atoms with Gasteiger partial charge in [0, 0.05) is 28.1 Å². The van der Waals surface area contributed by atoms with Crippen LogP contribution in [0.3, 0.4) is 0 Å². The molecule has 1 aromatic heterocycles. The van der Waals surface area contributed by atoms with Crippen molar-refractivity contribution in [2.45, 2.75) is 25.3 Å². The van der Waals surface area contributed by atoms with E-state index in [4.69, 9.17) is 0 Å². The van der Waals surface area contributed by atoms with Crippen molar-refractivity contribution in [1.82, 2.24) is 10.6 Å². The molecular weight excluding hydrogens is 256 g/mol. The van der Waals surface area contributed by atoms with Gasteiger partial charge >= 0.3 is 0 Å². The molecule has 1 amide bonds. The second-order valence-electron chi connectivity index (χ2n) is 4.98. The monoisotopic (exact) mass is 274 g/mol. The number of rotatable bonds is 4. The van der Waals surface area contributed by atoms with Crippen LogP contribution in [0.2, 0.25) is 0 Å². The Balaban J connectivity index is 1.60. The third kappa shape index (κ3) is 2.80. The Labute approximate surface area is 117 Å². The van der Waals surface area contributed by atoms with Crippen LogP contribution in [0.25, 0.3) is 10.1 Å². The van der Waals surface area contributed by atoms with Crippen LogP contribution in [-0.2, 0) is 0 Å². The van der Waals surface area contributed by atoms with Crippen molar-refractivity contribution >= 4 is 27.3 Å². The molecule has 4 heteroatoms. The number of nitrogens with one attached hydrogen (secondary N) is 2. The zero-order valence-corrected chi connectivity index (χ0v) is 11.6. The molecule has 0 spiro atoms. The van der Waals surface area contributed by atoms with Crippen molar-refractivity contribution in [1.29, 1.82) is 0 Å². The molecule has 1 aliphatic rings. The van der Waals surface area contributed by atoms with Crippen LogP contribution in [0, 0.1) is 0 Å². The van der Waals surface area contributed by atoms with E-state index in [-0.39, 0.29) is 5.91 Å². The SMILES string of the molecule is O=C(NCCC1CCCN1)c1csc2ccccc12. The zero-order valence-electron chi connectivity index (χ0n) is 10.8. The first-order valence-corrected chi connectivity index (χ1v) is 7.70. The van der Waals surface area contributed by atoms with Gasteiger partial charge in [0.15, 0.2) is 0 Å². The Kier molecular flexibility index (Phi) is 3.80. The second-order valence-corrected chi connectivity index (χ2v) is 5.89. The van der Waals surface area contributed by atoms with Gasteiger partial charge in [-0.3, -0.25) is 4.79 Å². The number of carbonyl (C=O) groups excluding carboxylic acids is 1. The van der Waals surface area contributed by atoms with Gasteiger partial charge < -0.3 is 10.6 Å². The maximum absolute atomic E-state index is 12.2. The normalized spacial score (nSPS) is 18.8. The molecule has 1 saturated heterocycles. The Morgan fingerprint density at radius 3 is 3.16 bits per heavy atom. The van der Waals surface area contributed by atoms with E-state index >= 15 is 0 Å². The van der Waals surface area contributed by atoms with E-state index in [0.717, 1.165) is 30.5 Å². The average molecular weight is 274 g/mol. The van der Waals surface area contributed by atoms with Gasteiger partial charge in [0.25, 0.3) is 5.91 Å². The van der Waals surface area contributed by atoms with Crippen LogP contribution in [0.5, 0.6) is 0 Å². The molecule has 1 fully saturated rings. The maximum atomic E-state index is 12.2. The van der Waals surface area contributed by atoms with E-state index in [9.17, 15) is 4.79 Å². The number of thiophene rings is 1. The lowest BCUT2D eigenvalue weighted by molar-refractivity contribution is 0.0954.